The molecular weight excluding hydrogens is 359 g/mol. The molecule has 3 rings (SSSR count). The van der Waals surface area contributed by atoms with Crippen molar-refractivity contribution in [1.82, 2.24) is 20.4 Å². The van der Waals surface area contributed by atoms with E-state index in [4.69, 9.17) is 0 Å². The maximum atomic E-state index is 12.4. The van der Waals surface area contributed by atoms with Crippen LogP contribution in [0, 0.1) is 5.92 Å². The van der Waals surface area contributed by atoms with Crippen LogP contribution in [0.3, 0.4) is 0 Å². The molecule has 1 amide bonds. The van der Waals surface area contributed by atoms with E-state index in [0.717, 1.165) is 44.6 Å². The fraction of sp³-hybridized carbons (Fsp3) is 0.944. The van der Waals surface area contributed by atoms with E-state index < -0.39 is 0 Å². The van der Waals surface area contributed by atoms with Gasteiger partial charge in [-0.2, -0.15) is 0 Å². The number of hydrogen-bond acceptors (Lipinski definition) is 4. The van der Waals surface area contributed by atoms with Crippen LogP contribution in [0.2, 0.25) is 0 Å². The quantitative estimate of drug-likeness (QED) is 0.747. The number of carbonyl (C=O) groups is 1. The molecule has 7 heteroatoms. The minimum absolute atomic E-state index is 0. The Labute approximate surface area is 165 Å². The topological polar surface area (TPSA) is 47.6 Å². The van der Waals surface area contributed by atoms with Crippen LogP contribution in [0.15, 0.2) is 0 Å². The number of amides is 1. The van der Waals surface area contributed by atoms with Gasteiger partial charge in [0.15, 0.2) is 0 Å². The van der Waals surface area contributed by atoms with Crippen LogP contribution in [0.1, 0.15) is 44.9 Å². The minimum atomic E-state index is 0. The average Bonchev–Trinajstić information content (AvgIpc) is 2.99. The zero-order chi connectivity index (χ0) is 16.2. The Morgan fingerprint density at radius 1 is 1.12 bits per heavy atom. The predicted octanol–water partition coefficient (Wildman–Crippen LogP) is 1.89. The van der Waals surface area contributed by atoms with E-state index in [1.54, 1.807) is 0 Å². The Kier molecular flexibility index (Phi) is 10.0. The van der Waals surface area contributed by atoms with Gasteiger partial charge in [-0.25, -0.2) is 0 Å². The van der Waals surface area contributed by atoms with Crippen molar-refractivity contribution in [3.63, 3.8) is 0 Å². The van der Waals surface area contributed by atoms with Crippen molar-refractivity contribution < 1.29 is 4.79 Å². The van der Waals surface area contributed by atoms with Crippen LogP contribution in [-0.2, 0) is 4.79 Å². The SMILES string of the molecule is CN(C)C1CCN(CCNC(=O)C2CC3CCCCC3N2)CC1.Cl.Cl. The van der Waals surface area contributed by atoms with Crippen LogP contribution < -0.4 is 10.6 Å². The van der Waals surface area contributed by atoms with Gasteiger partial charge < -0.3 is 20.4 Å². The first kappa shape index (κ1) is 23.0. The summed E-state index contributed by atoms with van der Waals surface area (Å²) < 4.78 is 0. The van der Waals surface area contributed by atoms with E-state index >= 15 is 0 Å². The average molecular weight is 395 g/mol. The molecule has 2 saturated heterocycles. The molecule has 0 radical (unpaired) electrons. The zero-order valence-electron chi connectivity index (χ0n) is 15.7. The molecule has 3 atom stereocenters. The lowest BCUT2D eigenvalue weighted by molar-refractivity contribution is -0.122. The number of fused-ring (bicyclic) bond motifs is 1. The molecule has 0 aromatic heterocycles. The van der Waals surface area contributed by atoms with Crippen LogP contribution in [-0.4, -0.2) is 74.1 Å². The highest BCUT2D eigenvalue weighted by Gasteiger charge is 2.38. The van der Waals surface area contributed by atoms with Gasteiger partial charge in [0.05, 0.1) is 6.04 Å². The van der Waals surface area contributed by atoms with E-state index in [0.29, 0.717) is 6.04 Å². The summed E-state index contributed by atoms with van der Waals surface area (Å²) in [6.45, 7) is 4.10. The fourth-order valence-electron chi connectivity index (χ4n) is 4.64. The standard InChI is InChI=1S/C18H34N4O.2ClH/c1-21(2)15-7-10-22(11-8-15)12-9-19-18(23)17-13-14-5-3-4-6-16(14)20-17;;/h14-17,20H,3-13H2,1-2H3,(H,19,23);2*1H. The summed E-state index contributed by atoms with van der Waals surface area (Å²) in [6.07, 6.45) is 8.77. The molecule has 2 N–H and O–H groups in total. The first-order chi connectivity index (χ1) is 11.1. The highest BCUT2D eigenvalue weighted by atomic mass is 35.5. The maximum absolute atomic E-state index is 12.4. The number of carbonyl (C=O) groups excluding carboxylic acids is 1. The maximum Gasteiger partial charge on any atom is 0.237 e. The third kappa shape index (κ3) is 6.24. The second-order valence-electron chi connectivity index (χ2n) is 7.93. The second kappa shape index (κ2) is 10.9. The van der Waals surface area contributed by atoms with Gasteiger partial charge in [0, 0.05) is 25.2 Å². The molecule has 0 spiro atoms. The fourth-order valence-corrected chi connectivity index (χ4v) is 4.64. The summed E-state index contributed by atoms with van der Waals surface area (Å²) in [5.41, 5.74) is 0. The smallest absolute Gasteiger partial charge is 0.237 e. The molecule has 0 aromatic rings. The molecule has 148 valence electrons. The molecule has 25 heavy (non-hydrogen) atoms. The first-order valence-corrected chi connectivity index (χ1v) is 9.56. The number of nitrogens with one attached hydrogen (secondary N) is 2. The number of likely N-dealkylation sites (tertiary alicyclic amines) is 1. The van der Waals surface area contributed by atoms with Gasteiger partial charge in [0.2, 0.25) is 5.91 Å². The molecule has 3 unspecified atom stereocenters. The normalized spacial score (nSPS) is 30.3. The Bertz CT molecular complexity index is 389. The van der Waals surface area contributed by atoms with Gasteiger partial charge in [-0.05, 0) is 65.2 Å². The highest BCUT2D eigenvalue weighted by molar-refractivity contribution is 5.85. The minimum Gasteiger partial charge on any atom is -0.353 e. The Balaban J connectivity index is 0.00000156. The molecule has 0 aromatic carbocycles. The van der Waals surface area contributed by atoms with E-state index in [1.165, 1.54) is 38.5 Å². The van der Waals surface area contributed by atoms with Crippen molar-refractivity contribution in [2.75, 3.05) is 40.3 Å². The summed E-state index contributed by atoms with van der Waals surface area (Å²) in [7, 11) is 4.35. The summed E-state index contributed by atoms with van der Waals surface area (Å²) in [5.74, 6) is 0.965. The van der Waals surface area contributed by atoms with Crippen molar-refractivity contribution >= 4 is 30.7 Å². The van der Waals surface area contributed by atoms with E-state index in [9.17, 15) is 4.79 Å². The molecule has 3 aliphatic rings. The third-order valence-corrected chi connectivity index (χ3v) is 6.19. The van der Waals surface area contributed by atoms with E-state index in [-0.39, 0.29) is 36.8 Å². The second-order valence-corrected chi connectivity index (χ2v) is 7.93. The monoisotopic (exact) mass is 394 g/mol. The van der Waals surface area contributed by atoms with Crippen molar-refractivity contribution in [2.45, 2.75) is 63.1 Å². The van der Waals surface area contributed by atoms with Crippen molar-refractivity contribution in [1.29, 1.82) is 0 Å². The van der Waals surface area contributed by atoms with E-state index in [1.807, 2.05) is 0 Å². The van der Waals surface area contributed by atoms with Gasteiger partial charge in [-0.1, -0.05) is 12.8 Å². The van der Waals surface area contributed by atoms with Crippen LogP contribution >= 0.6 is 24.8 Å². The number of hydrogen-bond donors (Lipinski definition) is 2. The summed E-state index contributed by atoms with van der Waals surface area (Å²) in [6, 6.07) is 1.39. The van der Waals surface area contributed by atoms with Crippen molar-refractivity contribution in [2.24, 2.45) is 5.92 Å². The number of nitrogens with zero attached hydrogens (tertiary/aromatic N) is 2. The number of piperidine rings is 1. The van der Waals surface area contributed by atoms with E-state index in [2.05, 4.69) is 34.5 Å². The van der Waals surface area contributed by atoms with Gasteiger partial charge in [-0.15, -0.1) is 24.8 Å². The van der Waals surface area contributed by atoms with Gasteiger partial charge in [0.1, 0.15) is 0 Å². The lowest BCUT2D eigenvalue weighted by Crippen LogP contribution is -2.47. The zero-order valence-corrected chi connectivity index (χ0v) is 17.3. The number of halogens is 2. The first-order valence-electron chi connectivity index (χ1n) is 9.56. The molecule has 5 nitrogen and oxygen atoms in total. The van der Waals surface area contributed by atoms with Gasteiger partial charge >= 0.3 is 0 Å². The Morgan fingerprint density at radius 2 is 1.80 bits per heavy atom. The molecular formula is C18H36Cl2N4O. The van der Waals surface area contributed by atoms with Crippen LogP contribution in [0.4, 0.5) is 0 Å². The summed E-state index contributed by atoms with van der Waals surface area (Å²) >= 11 is 0. The summed E-state index contributed by atoms with van der Waals surface area (Å²) in [5, 5.41) is 6.73. The highest BCUT2D eigenvalue weighted by Crippen LogP contribution is 2.33. The Hall–Kier alpha value is -0.0700. The van der Waals surface area contributed by atoms with Crippen LogP contribution in [0.5, 0.6) is 0 Å². The molecule has 1 saturated carbocycles. The number of rotatable bonds is 5. The van der Waals surface area contributed by atoms with Crippen LogP contribution in [0.25, 0.3) is 0 Å². The molecule has 0 bridgehead atoms. The van der Waals surface area contributed by atoms with Gasteiger partial charge in [0.25, 0.3) is 0 Å². The largest absolute Gasteiger partial charge is 0.353 e. The lowest BCUT2D eigenvalue weighted by Gasteiger charge is -2.35. The van der Waals surface area contributed by atoms with Crippen molar-refractivity contribution in [3.05, 3.63) is 0 Å². The lowest BCUT2D eigenvalue weighted by atomic mass is 9.85. The Morgan fingerprint density at radius 3 is 2.44 bits per heavy atom. The third-order valence-electron chi connectivity index (χ3n) is 6.19. The molecule has 2 aliphatic heterocycles. The van der Waals surface area contributed by atoms with Crippen molar-refractivity contribution in [3.8, 4) is 0 Å². The summed E-state index contributed by atoms with van der Waals surface area (Å²) in [4.78, 5) is 17.2. The predicted molar refractivity (Wildman–Crippen MR) is 108 cm³/mol. The molecule has 1 aliphatic carbocycles. The molecule has 2 heterocycles. The molecule has 3 fully saturated rings. The van der Waals surface area contributed by atoms with Gasteiger partial charge in [-0.3, -0.25) is 4.79 Å².